The van der Waals surface area contributed by atoms with Crippen LogP contribution in [0.25, 0.3) is 0 Å². The van der Waals surface area contributed by atoms with Gasteiger partial charge in [0.05, 0.1) is 11.7 Å². The van der Waals surface area contributed by atoms with Gasteiger partial charge in [-0.1, -0.05) is 51.1 Å². The quantitative estimate of drug-likeness (QED) is 0.924. The molecule has 3 nitrogen and oxygen atoms in total. The van der Waals surface area contributed by atoms with E-state index >= 15 is 0 Å². The predicted octanol–water partition coefficient (Wildman–Crippen LogP) is 3.65. The summed E-state index contributed by atoms with van der Waals surface area (Å²) in [5, 5.41) is 3.16. The van der Waals surface area contributed by atoms with Gasteiger partial charge in [0.25, 0.3) is 5.91 Å². The van der Waals surface area contributed by atoms with Crippen LogP contribution < -0.4 is 5.32 Å². The molecule has 0 radical (unpaired) electrons. The second-order valence-electron chi connectivity index (χ2n) is 6.67. The third-order valence-corrected chi connectivity index (χ3v) is 3.94. The number of fused-ring (bicyclic) bond motifs is 1. The van der Waals surface area contributed by atoms with Crippen LogP contribution in [0.3, 0.4) is 0 Å². The van der Waals surface area contributed by atoms with Crippen LogP contribution in [-0.2, 0) is 4.79 Å². The molecule has 22 heavy (non-hydrogen) atoms. The Morgan fingerprint density at radius 1 is 1.18 bits per heavy atom. The highest BCUT2D eigenvalue weighted by Crippen LogP contribution is 2.34. The maximum Gasteiger partial charge on any atom is 0.252 e. The minimum Gasteiger partial charge on any atom is -0.343 e. The van der Waals surface area contributed by atoms with Gasteiger partial charge in [0, 0.05) is 11.8 Å². The van der Waals surface area contributed by atoms with Crippen molar-refractivity contribution in [3.05, 3.63) is 77.2 Å². The molecule has 0 bridgehead atoms. The van der Waals surface area contributed by atoms with Gasteiger partial charge in [0.15, 0.2) is 0 Å². The normalized spacial score (nSPS) is 17.5. The third-order valence-electron chi connectivity index (χ3n) is 3.94. The number of nitrogens with one attached hydrogen (secondary N) is 1. The smallest absolute Gasteiger partial charge is 0.252 e. The summed E-state index contributed by atoms with van der Waals surface area (Å²) in [5.41, 5.74) is 3.60. The lowest BCUT2D eigenvalue weighted by atomic mass is 9.84. The molecule has 0 aromatic carbocycles. The van der Waals surface area contributed by atoms with Crippen LogP contribution >= 0.6 is 0 Å². The highest BCUT2D eigenvalue weighted by atomic mass is 16.1. The van der Waals surface area contributed by atoms with Crippen molar-refractivity contribution >= 4 is 5.91 Å². The maximum absolute atomic E-state index is 12.7. The Hall–Kier alpha value is -2.42. The molecule has 112 valence electrons. The average molecular weight is 292 g/mol. The fraction of sp³-hybridized carbons (Fsp3) is 0.263. The lowest BCUT2D eigenvalue weighted by Crippen LogP contribution is -2.38. The summed E-state index contributed by atoms with van der Waals surface area (Å²) in [7, 11) is 0. The van der Waals surface area contributed by atoms with Crippen molar-refractivity contribution in [2.24, 2.45) is 5.41 Å². The summed E-state index contributed by atoms with van der Waals surface area (Å²) in [6.45, 7) is 6.32. The van der Waals surface area contributed by atoms with E-state index in [1.54, 1.807) is 6.20 Å². The van der Waals surface area contributed by atoms with Crippen LogP contribution in [0.1, 0.15) is 32.5 Å². The van der Waals surface area contributed by atoms with Crippen molar-refractivity contribution in [1.82, 2.24) is 10.3 Å². The molecule has 1 aromatic rings. The van der Waals surface area contributed by atoms with Gasteiger partial charge in [-0.3, -0.25) is 9.78 Å². The van der Waals surface area contributed by atoms with Crippen molar-refractivity contribution in [1.29, 1.82) is 0 Å². The second-order valence-corrected chi connectivity index (χ2v) is 6.67. The molecule has 0 saturated heterocycles. The van der Waals surface area contributed by atoms with Crippen LogP contribution in [0.4, 0.5) is 0 Å². The van der Waals surface area contributed by atoms with Crippen LogP contribution in [0, 0.1) is 5.41 Å². The fourth-order valence-electron chi connectivity index (χ4n) is 2.78. The Morgan fingerprint density at radius 2 is 2.00 bits per heavy atom. The molecule has 1 amide bonds. The Balaban J connectivity index is 1.82. The number of hydrogen-bond acceptors (Lipinski definition) is 2. The summed E-state index contributed by atoms with van der Waals surface area (Å²) in [6.07, 6.45) is 11.6. The molecule has 0 spiro atoms. The summed E-state index contributed by atoms with van der Waals surface area (Å²) >= 11 is 0. The van der Waals surface area contributed by atoms with Crippen LogP contribution in [0.15, 0.2) is 71.5 Å². The van der Waals surface area contributed by atoms with Gasteiger partial charge in [0.2, 0.25) is 0 Å². The Kier molecular flexibility index (Phi) is 3.57. The van der Waals surface area contributed by atoms with Crippen molar-refractivity contribution in [2.45, 2.75) is 26.8 Å². The van der Waals surface area contributed by atoms with E-state index < -0.39 is 0 Å². The number of hydrogen-bond donors (Lipinski definition) is 1. The topological polar surface area (TPSA) is 42.0 Å². The molecule has 0 aliphatic heterocycles. The minimum atomic E-state index is -0.138. The molecule has 0 fully saturated rings. The van der Waals surface area contributed by atoms with Crippen molar-refractivity contribution in [3.63, 3.8) is 0 Å². The average Bonchev–Trinajstić information content (AvgIpc) is 3.07. The monoisotopic (exact) mass is 292 g/mol. The summed E-state index contributed by atoms with van der Waals surface area (Å²) in [6, 6.07) is 5.65. The van der Waals surface area contributed by atoms with Crippen LogP contribution in [-0.4, -0.2) is 10.9 Å². The van der Waals surface area contributed by atoms with Crippen molar-refractivity contribution < 1.29 is 4.79 Å². The van der Waals surface area contributed by atoms with E-state index in [1.807, 2.05) is 48.6 Å². The van der Waals surface area contributed by atoms with Gasteiger partial charge in [-0.25, -0.2) is 0 Å². The standard InChI is InChI=1S/C19H20N2O/c1-19(2,3)17(16-9-4-5-12-20-16)21-18(22)15-11-10-13-7-6-8-14(13)15/h4-12,17H,1-3H3,(H,21,22)/t17-/m0/s1. The molecule has 1 N–H and O–H groups in total. The van der Waals surface area contributed by atoms with E-state index in [2.05, 4.69) is 31.1 Å². The third kappa shape index (κ3) is 2.67. The van der Waals surface area contributed by atoms with E-state index in [9.17, 15) is 4.79 Å². The molecule has 3 heteroatoms. The molecular formula is C19H20N2O. The minimum absolute atomic E-state index is 0.0493. The number of nitrogens with zero attached hydrogens (tertiary/aromatic N) is 1. The number of carbonyl (C=O) groups excluding carboxylic acids is 1. The highest BCUT2D eigenvalue weighted by Gasteiger charge is 2.31. The van der Waals surface area contributed by atoms with Crippen molar-refractivity contribution in [3.8, 4) is 0 Å². The molecular weight excluding hydrogens is 272 g/mol. The lowest BCUT2D eigenvalue weighted by Gasteiger charge is -2.31. The first kappa shape index (κ1) is 14.5. The van der Waals surface area contributed by atoms with Gasteiger partial charge in [-0.15, -0.1) is 0 Å². The molecule has 1 heterocycles. The zero-order valence-electron chi connectivity index (χ0n) is 13.1. The number of aromatic nitrogens is 1. The lowest BCUT2D eigenvalue weighted by molar-refractivity contribution is -0.118. The number of rotatable bonds is 3. The van der Waals surface area contributed by atoms with Gasteiger partial charge in [0.1, 0.15) is 0 Å². The zero-order chi connectivity index (χ0) is 15.7. The Bertz CT molecular complexity index is 716. The fourth-order valence-corrected chi connectivity index (χ4v) is 2.78. The molecule has 2 aliphatic rings. The van der Waals surface area contributed by atoms with E-state index in [1.165, 1.54) is 0 Å². The van der Waals surface area contributed by atoms with E-state index in [-0.39, 0.29) is 17.4 Å². The van der Waals surface area contributed by atoms with Crippen molar-refractivity contribution in [2.75, 3.05) is 0 Å². The van der Waals surface area contributed by atoms with E-state index in [0.717, 1.165) is 22.4 Å². The largest absolute Gasteiger partial charge is 0.343 e. The number of allylic oxidation sites excluding steroid dienone is 6. The molecule has 1 aromatic heterocycles. The second kappa shape index (κ2) is 5.41. The number of amides is 1. The van der Waals surface area contributed by atoms with Gasteiger partial charge < -0.3 is 5.32 Å². The molecule has 2 aliphatic carbocycles. The first-order valence-electron chi connectivity index (χ1n) is 7.50. The molecule has 0 saturated carbocycles. The van der Waals surface area contributed by atoms with Crippen LogP contribution in [0.5, 0.6) is 0 Å². The maximum atomic E-state index is 12.7. The van der Waals surface area contributed by atoms with Crippen LogP contribution in [0.2, 0.25) is 0 Å². The number of pyridine rings is 1. The molecule has 0 unspecified atom stereocenters. The first-order chi connectivity index (χ1) is 10.5. The summed E-state index contributed by atoms with van der Waals surface area (Å²) < 4.78 is 0. The van der Waals surface area contributed by atoms with E-state index in [4.69, 9.17) is 0 Å². The zero-order valence-corrected chi connectivity index (χ0v) is 13.1. The molecule has 1 atom stereocenters. The SMILES string of the molecule is CC(C)(C)[C@@H](NC(=O)C1=CC=C2C=CC=C21)c1ccccn1. The summed E-state index contributed by atoms with van der Waals surface area (Å²) in [5.74, 6) is -0.0493. The number of carbonyl (C=O) groups is 1. The Labute approximate surface area is 131 Å². The first-order valence-corrected chi connectivity index (χ1v) is 7.50. The highest BCUT2D eigenvalue weighted by molar-refractivity contribution is 6.02. The molecule has 3 rings (SSSR count). The van der Waals surface area contributed by atoms with Gasteiger partial charge >= 0.3 is 0 Å². The Morgan fingerprint density at radius 3 is 2.68 bits per heavy atom. The van der Waals surface area contributed by atoms with Gasteiger partial charge in [-0.05, 0) is 34.8 Å². The van der Waals surface area contributed by atoms with E-state index in [0.29, 0.717) is 0 Å². The predicted molar refractivity (Wildman–Crippen MR) is 88.0 cm³/mol. The van der Waals surface area contributed by atoms with Gasteiger partial charge in [-0.2, -0.15) is 0 Å². The summed E-state index contributed by atoms with van der Waals surface area (Å²) in [4.78, 5) is 17.1.